The first-order valence-corrected chi connectivity index (χ1v) is 9.24. The molecule has 4 rings (SSSR count). The molecule has 3 atom stereocenters. The molecule has 2 saturated heterocycles. The van der Waals surface area contributed by atoms with Gasteiger partial charge in [0.15, 0.2) is 0 Å². The number of nitrogens with zero attached hydrogens (tertiary/aromatic N) is 3. The topological polar surface area (TPSA) is 53.5 Å². The van der Waals surface area contributed by atoms with Gasteiger partial charge in [0.2, 0.25) is 5.91 Å². The summed E-state index contributed by atoms with van der Waals surface area (Å²) in [6.45, 7) is 2.47. The molecule has 1 aliphatic carbocycles. The molecule has 0 unspecified atom stereocenters. The first-order valence-electron chi connectivity index (χ1n) is 9.24. The van der Waals surface area contributed by atoms with Crippen molar-refractivity contribution in [2.24, 2.45) is 11.8 Å². The molecule has 0 radical (unpaired) electrons. The fraction of sp³-hybridized carbons (Fsp3) is 0.632. The number of hydrogen-bond acceptors (Lipinski definition) is 3. The van der Waals surface area contributed by atoms with E-state index in [0.717, 1.165) is 32.4 Å². The Morgan fingerprint density at radius 2 is 1.83 bits per heavy atom. The van der Waals surface area contributed by atoms with Crippen LogP contribution in [0.25, 0.3) is 0 Å². The molecule has 1 saturated carbocycles. The van der Waals surface area contributed by atoms with E-state index >= 15 is 0 Å². The van der Waals surface area contributed by atoms with Gasteiger partial charge >= 0.3 is 0 Å². The minimum absolute atomic E-state index is 0.0551. The van der Waals surface area contributed by atoms with Gasteiger partial charge in [-0.2, -0.15) is 0 Å². The van der Waals surface area contributed by atoms with Gasteiger partial charge in [-0.3, -0.25) is 14.6 Å². The van der Waals surface area contributed by atoms with E-state index in [0.29, 0.717) is 23.9 Å². The number of rotatable bonds is 2. The average molecular weight is 327 g/mol. The number of carbonyl (C=O) groups is 2. The highest BCUT2D eigenvalue weighted by Gasteiger charge is 2.42. The summed E-state index contributed by atoms with van der Waals surface area (Å²) in [5.41, 5.74) is 0.579. The molecule has 3 fully saturated rings. The number of amides is 2. The quantitative estimate of drug-likeness (QED) is 0.838. The molecule has 3 aliphatic rings. The molecule has 0 N–H and O–H groups in total. The van der Waals surface area contributed by atoms with Crippen LogP contribution in [0.5, 0.6) is 0 Å². The lowest BCUT2D eigenvalue weighted by atomic mass is 9.99. The lowest BCUT2D eigenvalue weighted by Gasteiger charge is -2.37. The maximum absolute atomic E-state index is 13.1. The highest BCUT2D eigenvalue weighted by atomic mass is 16.2. The third-order valence-corrected chi connectivity index (χ3v) is 6.00. The van der Waals surface area contributed by atoms with Crippen LogP contribution in [-0.4, -0.2) is 52.3 Å². The van der Waals surface area contributed by atoms with Crippen molar-refractivity contribution in [1.29, 1.82) is 0 Å². The summed E-state index contributed by atoms with van der Waals surface area (Å²) in [7, 11) is 0. The summed E-state index contributed by atoms with van der Waals surface area (Å²) >= 11 is 0. The standard InChI is InChI=1S/C19H25N3O2/c23-18(14-7-4-9-20-11-14)22-10-2-1-8-17(22)19(24)21-12-15-5-3-6-16(15)13-21/h4,7,9,11,15-17H,1-3,5-6,8,10,12-13H2/t15-,16-,17+/m1/s1. The fourth-order valence-corrected chi connectivity index (χ4v) is 4.71. The normalized spacial score (nSPS) is 29.6. The number of piperidine rings is 1. The Morgan fingerprint density at radius 3 is 2.54 bits per heavy atom. The molecular formula is C19H25N3O2. The lowest BCUT2D eigenvalue weighted by Crippen LogP contribution is -2.52. The molecule has 3 heterocycles. The molecule has 24 heavy (non-hydrogen) atoms. The predicted octanol–water partition coefficient (Wildman–Crippen LogP) is 2.33. The molecule has 0 aromatic carbocycles. The van der Waals surface area contributed by atoms with Crippen molar-refractivity contribution in [1.82, 2.24) is 14.8 Å². The zero-order valence-corrected chi connectivity index (χ0v) is 14.1. The number of likely N-dealkylation sites (tertiary alicyclic amines) is 2. The number of fused-ring (bicyclic) bond motifs is 1. The Labute approximate surface area is 143 Å². The van der Waals surface area contributed by atoms with Crippen LogP contribution in [0.4, 0.5) is 0 Å². The van der Waals surface area contributed by atoms with E-state index in [1.807, 2.05) is 4.90 Å². The molecule has 2 amide bonds. The first-order chi connectivity index (χ1) is 11.7. The average Bonchev–Trinajstić information content (AvgIpc) is 3.23. The molecule has 128 valence electrons. The minimum atomic E-state index is -0.287. The predicted molar refractivity (Wildman–Crippen MR) is 90.3 cm³/mol. The summed E-state index contributed by atoms with van der Waals surface area (Å²) < 4.78 is 0. The van der Waals surface area contributed by atoms with Gasteiger partial charge in [-0.05, 0) is 56.1 Å². The van der Waals surface area contributed by atoms with Crippen LogP contribution in [0.2, 0.25) is 0 Å². The maximum Gasteiger partial charge on any atom is 0.256 e. The lowest BCUT2D eigenvalue weighted by molar-refractivity contribution is -0.136. The molecule has 2 aliphatic heterocycles. The summed E-state index contributed by atoms with van der Waals surface area (Å²) in [5.74, 6) is 1.50. The van der Waals surface area contributed by atoms with Crippen LogP contribution in [0.3, 0.4) is 0 Å². The van der Waals surface area contributed by atoms with Crippen molar-refractivity contribution < 1.29 is 9.59 Å². The van der Waals surface area contributed by atoms with Crippen molar-refractivity contribution in [3.63, 3.8) is 0 Å². The van der Waals surface area contributed by atoms with Gasteiger partial charge in [-0.15, -0.1) is 0 Å². The molecule has 5 heteroatoms. The van der Waals surface area contributed by atoms with Gasteiger partial charge in [-0.1, -0.05) is 6.42 Å². The van der Waals surface area contributed by atoms with Crippen LogP contribution in [0, 0.1) is 11.8 Å². The van der Waals surface area contributed by atoms with Gasteiger partial charge in [0.25, 0.3) is 5.91 Å². The first kappa shape index (κ1) is 15.6. The van der Waals surface area contributed by atoms with E-state index < -0.39 is 0 Å². The van der Waals surface area contributed by atoms with E-state index in [1.54, 1.807) is 29.4 Å². The number of carbonyl (C=O) groups excluding carboxylic acids is 2. The highest BCUT2D eigenvalue weighted by Crippen LogP contribution is 2.38. The molecule has 0 spiro atoms. The van der Waals surface area contributed by atoms with E-state index in [1.165, 1.54) is 19.3 Å². The Hall–Kier alpha value is -1.91. The molecule has 5 nitrogen and oxygen atoms in total. The molecular weight excluding hydrogens is 302 g/mol. The Morgan fingerprint density at radius 1 is 1.04 bits per heavy atom. The van der Waals surface area contributed by atoms with E-state index in [9.17, 15) is 9.59 Å². The molecule has 1 aromatic heterocycles. The molecule has 0 bridgehead atoms. The zero-order valence-electron chi connectivity index (χ0n) is 14.1. The number of hydrogen-bond donors (Lipinski definition) is 0. The summed E-state index contributed by atoms with van der Waals surface area (Å²) in [5, 5.41) is 0. The van der Waals surface area contributed by atoms with Crippen molar-refractivity contribution in [3.05, 3.63) is 30.1 Å². The smallest absolute Gasteiger partial charge is 0.256 e. The fourth-order valence-electron chi connectivity index (χ4n) is 4.71. The van der Waals surface area contributed by atoms with Gasteiger partial charge in [0.1, 0.15) is 6.04 Å². The van der Waals surface area contributed by atoms with E-state index in [2.05, 4.69) is 4.98 Å². The van der Waals surface area contributed by atoms with Crippen molar-refractivity contribution in [3.8, 4) is 0 Å². The summed E-state index contributed by atoms with van der Waals surface area (Å²) in [6.07, 6.45) is 9.88. The SMILES string of the molecule is O=C([C@@H]1CCCCN1C(=O)c1cccnc1)N1C[C@H]2CCC[C@@H]2C1. The summed E-state index contributed by atoms with van der Waals surface area (Å²) in [4.78, 5) is 33.8. The van der Waals surface area contributed by atoms with Crippen LogP contribution in [0.15, 0.2) is 24.5 Å². The van der Waals surface area contributed by atoms with Crippen LogP contribution >= 0.6 is 0 Å². The van der Waals surface area contributed by atoms with Crippen molar-refractivity contribution >= 4 is 11.8 Å². The minimum Gasteiger partial charge on any atom is -0.340 e. The summed E-state index contributed by atoms with van der Waals surface area (Å²) in [6, 6.07) is 3.27. The Bertz CT molecular complexity index is 606. The van der Waals surface area contributed by atoms with E-state index in [4.69, 9.17) is 0 Å². The third-order valence-electron chi connectivity index (χ3n) is 6.00. The third kappa shape index (κ3) is 2.80. The van der Waals surface area contributed by atoms with E-state index in [-0.39, 0.29) is 17.9 Å². The van der Waals surface area contributed by atoms with Gasteiger partial charge < -0.3 is 9.80 Å². The maximum atomic E-state index is 13.1. The monoisotopic (exact) mass is 327 g/mol. The second-order valence-corrected chi connectivity index (χ2v) is 7.45. The van der Waals surface area contributed by atoms with Crippen LogP contribution in [0.1, 0.15) is 48.9 Å². The van der Waals surface area contributed by atoms with Crippen LogP contribution < -0.4 is 0 Å². The highest BCUT2D eigenvalue weighted by molar-refractivity contribution is 5.97. The Kier molecular flexibility index (Phi) is 4.25. The van der Waals surface area contributed by atoms with Gasteiger partial charge in [-0.25, -0.2) is 0 Å². The van der Waals surface area contributed by atoms with Gasteiger partial charge in [0.05, 0.1) is 5.56 Å². The van der Waals surface area contributed by atoms with Gasteiger partial charge in [0, 0.05) is 32.0 Å². The second kappa shape index (κ2) is 6.54. The number of aromatic nitrogens is 1. The Balaban J connectivity index is 1.50. The van der Waals surface area contributed by atoms with Crippen LogP contribution in [-0.2, 0) is 4.79 Å². The van der Waals surface area contributed by atoms with Crippen molar-refractivity contribution in [2.75, 3.05) is 19.6 Å². The number of pyridine rings is 1. The largest absolute Gasteiger partial charge is 0.340 e. The second-order valence-electron chi connectivity index (χ2n) is 7.45. The zero-order chi connectivity index (χ0) is 16.5. The molecule has 1 aromatic rings. The van der Waals surface area contributed by atoms with Crippen molar-refractivity contribution in [2.45, 2.75) is 44.6 Å².